The van der Waals surface area contributed by atoms with Crippen LogP contribution in [-0.2, 0) is 0 Å². The Labute approximate surface area is 145 Å². The maximum atomic E-state index is 13.1. The molecule has 1 aliphatic heterocycles. The summed E-state index contributed by atoms with van der Waals surface area (Å²) in [5.74, 6) is 0.882. The van der Waals surface area contributed by atoms with Crippen LogP contribution in [0.4, 0.5) is 0 Å². The summed E-state index contributed by atoms with van der Waals surface area (Å²) >= 11 is 3.42. The van der Waals surface area contributed by atoms with Crippen molar-refractivity contribution in [3.8, 4) is 5.75 Å². The molecule has 0 bridgehead atoms. The largest absolute Gasteiger partial charge is 0.489 e. The highest BCUT2D eigenvalue weighted by Gasteiger charge is 2.25. The first-order valence-corrected chi connectivity index (χ1v) is 8.74. The number of allylic oxidation sites excluding steroid dienone is 1. The van der Waals surface area contributed by atoms with Gasteiger partial charge in [0.15, 0.2) is 5.78 Å². The number of Topliss-reactive ketones (excluding diaryl/α,β-unsaturated/α-hetero) is 1. The number of benzene rings is 2. The summed E-state index contributed by atoms with van der Waals surface area (Å²) in [7, 11) is 0. The number of ether oxygens (including phenoxy) is 1. The van der Waals surface area contributed by atoms with Crippen LogP contribution in [0.15, 0.2) is 58.6 Å². The molecule has 0 atom stereocenters. The molecule has 0 radical (unpaired) electrons. The molecule has 1 heterocycles. The van der Waals surface area contributed by atoms with Gasteiger partial charge in [0.1, 0.15) is 12.4 Å². The van der Waals surface area contributed by atoms with Gasteiger partial charge in [-0.1, -0.05) is 47.5 Å². The van der Waals surface area contributed by atoms with Crippen LogP contribution in [0, 0.1) is 0 Å². The van der Waals surface area contributed by atoms with E-state index in [2.05, 4.69) is 22.9 Å². The third kappa shape index (κ3) is 3.40. The van der Waals surface area contributed by atoms with Crippen molar-refractivity contribution in [1.82, 2.24) is 0 Å². The molecule has 0 saturated heterocycles. The molecule has 0 saturated carbocycles. The number of carbonyl (C=O) groups excluding carboxylic acids is 1. The van der Waals surface area contributed by atoms with Crippen LogP contribution in [0.1, 0.15) is 42.1 Å². The van der Waals surface area contributed by atoms with Crippen molar-refractivity contribution in [1.29, 1.82) is 0 Å². The van der Waals surface area contributed by atoms with Gasteiger partial charge >= 0.3 is 0 Å². The average molecular weight is 371 g/mol. The Balaban J connectivity index is 2.06. The molecule has 0 aromatic heterocycles. The molecule has 2 aromatic rings. The number of rotatable bonds is 5. The number of unbranched alkanes of at least 4 members (excludes halogenated alkanes) is 1. The molecule has 3 heteroatoms. The smallest absolute Gasteiger partial charge is 0.193 e. The highest BCUT2D eigenvalue weighted by molar-refractivity contribution is 9.10. The van der Waals surface area contributed by atoms with E-state index >= 15 is 0 Å². The highest BCUT2D eigenvalue weighted by Crippen LogP contribution is 2.36. The summed E-state index contributed by atoms with van der Waals surface area (Å²) in [5.41, 5.74) is 3.56. The molecule has 23 heavy (non-hydrogen) atoms. The van der Waals surface area contributed by atoms with Gasteiger partial charge in [-0.15, -0.1) is 0 Å². The normalized spacial score (nSPS) is 13.5. The lowest BCUT2D eigenvalue weighted by Gasteiger charge is -2.23. The molecule has 0 fully saturated rings. The number of hydrogen-bond acceptors (Lipinski definition) is 2. The van der Waals surface area contributed by atoms with Crippen LogP contribution in [0.2, 0.25) is 0 Å². The number of fused-ring (bicyclic) bond motifs is 1. The Morgan fingerprint density at radius 2 is 1.87 bits per heavy atom. The Hall–Kier alpha value is -1.87. The Morgan fingerprint density at radius 1 is 1.13 bits per heavy atom. The number of para-hydroxylation sites is 1. The first-order valence-electron chi connectivity index (χ1n) is 7.95. The molecule has 0 amide bonds. The Bertz CT molecular complexity index is 744. The van der Waals surface area contributed by atoms with Crippen LogP contribution in [0.25, 0.3) is 5.57 Å². The fraction of sp³-hybridized carbons (Fsp3) is 0.250. The first-order chi connectivity index (χ1) is 11.2. The van der Waals surface area contributed by atoms with Crippen molar-refractivity contribution >= 4 is 27.3 Å². The predicted octanol–water partition coefficient (Wildman–Crippen LogP) is 5.67. The number of hydrogen-bond donors (Lipinski definition) is 0. The molecule has 0 unspecified atom stereocenters. The van der Waals surface area contributed by atoms with Crippen molar-refractivity contribution in [3.05, 3.63) is 69.7 Å². The molecular formula is C20H19BrO2. The second-order valence-corrected chi connectivity index (χ2v) is 6.62. The van der Waals surface area contributed by atoms with E-state index in [1.807, 2.05) is 48.5 Å². The standard InChI is InChI=1S/C20H19BrO2/c1-2-3-6-15-13-23-18-8-5-4-7-17(18)19(15)20(22)14-9-11-16(21)12-10-14/h4-5,7-12H,2-3,6,13H2,1H3. The van der Waals surface area contributed by atoms with Crippen molar-refractivity contribution in [2.75, 3.05) is 6.61 Å². The molecule has 0 spiro atoms. The van der Waals surface area contributed by atoms with Gasteiger partial charge < -0.3 is 4.74 Å². The maximum Gasteiger partial charge on any atom is 0.193 e. The van der Waals surface area contributed by atoms with Gasteiger partial charge in [0, 0.05) is 21.2 Å². The fourth-order valence-electron chi connectivity index (χ4n) is 2.84. The third-order valence-electron chi connectivity index (χ3n) is 4.08. The lowest BCUT2D eigenvalue weighted by molar-refractivity contribution is 0.105. The predicted molar refractivity (Wildman–Crippen MR) is 96.9 cm³/mol. The highest BCUT2D eigenvalue weighted by atomic mass is 79.9. The molecule has 0 N–H and O–H groups in total. The van der Waals surface area contributed by atoms with E-state index in [4.69, 9.17) is 4.74 Å². The summed E-state index contributed by atoms with van der Waals surface area (Å²) in [4.78, 5) is 13.1. The summed E-state index contributed by atoms with van der Waals surface area (Å²) in [6.45, 7) is 2.67. The van der Waals surface area contributed by atoms with E-state index in [-0.39, 0.29) is 5.78 Å². The van der Waals surface area contributed by atoms with Gasteiger partial charge in [-0.25, -0.2) is 0 Å². The van der Waals surface area contributed by atoms with E-state index in [0.717, 1.165) is 46.2 Å². The summed E-state index contributed by atoms with van der Waals surface area (Å²) in [6, 6.07) is 15.4. The lowest BCUT2D eigenvalue weighted by Crippen LogP contribution is -2.16. The Morgan fingerprint density at radius 3 is 2.61 bits per heavy atom. The van der Waals surface area contributed by atoms with E-state index < -0.39 is 0 Å². The molecule has 1 aliphatic rings. The SMILES string of the molecule is CCCCC1=C(C(=O)c2ccc(Br)cc2)c2ccccc2OC1. The van der Waals surface area contributed by atoms with Crippen molar-refractivity contribution in [3.63, 3.8) is 0 Å². The summed E-state index contributed by atoms with van der Waals surface area (Å²) in [5, 5.41) is 0. The first kappa shape index (κ1) is 16.0. The van der Waals surface area contributed by atoms with Crippen LogP contribution < -0.4 is 4.74 Å². The fourth-order valence-corrected chi connectivity index (χ4v) is 3.11. The van der Waals surface area contributed by atoms with Gasteiger partial charge in [0.05, 0.1) is 0 Å². The van der Waals surface area contributed by atoms with Crippen LogP contribution >= 0.6 is 15.9 Å². The quantitative estimate of drug-likeness (QED) is 0.633. The minimum absolute atomic E-state index is 0.0827. The van der Waals surface area contributed by atoms with Crippen molar-refractivity contribution in [2.45, 2.75) is 26.2 Å². The van der Waals surface area contributed by atoms with Crippen LogP contribution in [0.5, 0.6) is 5.75 Å². The third-order valence-corrected chi connectivity index (χ3v) is 4.61. The molecule has 3 rings (SSSR count). The molecule has 2 nitrogen and oxygen atoms in total. The van der Waals surface area contributed by atoms with Gasteiger partial charge in [0.2, 0.25) is 0 Å². The number of halogens is 1. The minimum Gasteiger partial charge on any atom is -0.489 e. The maximum absolute atomic E-state index is 13.1. The van der Waals surface area contributed by atoms with Gasteiger partial charge in [-0.05, 0) is 48.7 Å². The van der Waals surface area contributed by atoms with Crippen molar-refractivity contribution in [2.24, 2.45) is 0 Å². The number of ketones is 1. The molecule has 118 valence electrons. The lowest BCUT2D eigenvalue weighted by atomic mass is 9.88. The second kappa shape index (κ2) is 7.14. The van der Waals surface area contributed by atoms with Gasteiger partial charge in [0.25, 0.3) is 0 Å². The molecule has 2 aromatic carbocycles. The topological polar surface area (TPSA) is 26.3 Å². The van der Waals surface area contributed by atoms with Gasteiger partial charge in [-0.2, -0.15) is 0 Å². The summed E-state index contributed by atoms with van der Waals surface area (Å²) < 4.78 is 6.82. The molecule has 0 aliphatic carbocycles. The zero-order valence-electron chi connectivity index (χ0n) is 13.1. The van der Waals surface area contributed by atoms with E-state index in [1.54, 1.807) is 0 Å². The molecular weight excluding hydrogens is 352 g/mol. The van der Waals surface area contributed by atoms with Crippen LogP contribution in [0.3, 0.4) is 0 Å². The number of carbonyl (C=O) groups is 1. The van der Waals surface area contributed by atoms with Crippen LogP contribution in [-0.4, -0.2) is 12.4 Å². The summed E-state index contributed by atoms with van der Waals surface area (Å²) in [6.07, 6.45) is 3.07. The van der Waals surface area contributed by atoms with E-state index in [9.17, 15) is 4.79 Å². The van der Waals surface area contributed by atoms with E-state index in [1.165, 1.54) is 0 Å². The zero-order valence-corrected chi connectivity index (χ0v) is 14.7. The zero-order chi connectivity index (χ0) is 16.2. The monoisotopic (exact) mass is 370 g/mol. The van der Waals surface area contributed by atoms with Gasteiger partial charge in [-0.3, -0.25) is 4.79 Å². The Kier molecular flexibility index (Phi) is 4.97. The van der Waals surface area contributed by atoms with Crippen molar-refractivity contribution < 1.29 is 9.53 Å². The second-order valence-electron chi connectivity index (χ2n) is 5.70. The average Bonchev–Trinajstić information content (AvgIpc) is 2.59. The minimum atomic E-state index is 0.0827. The van der Waals surface area contributed by atoms with E-state index in [0.29, 0.717) is 12.2 Å².